The van der Waals surface area contributed by atoms with Gasteiger partial charge in [-0.2, -0.15) is 4.98 Å². The van der Waals surface area contributed by atoms with Crippen molar-refractivity contribution in [1.29, 1.82) is 0 Å². The maximum atomic E-state index is 6.22. The van der Waals surface area contributed by atoms with E-state index < -0.39 is 5.54 Å². The minimum Gasteiger partial charge on any atom is -0.337 e. The molecule has 2 N–H and O–H groups in total. The summed E-state index contributed by atoms with van der Waals surface area (Å²) >= 11 is 0. The van der Waals surface area contributed by atoms with Crippen LogP contribution in [0.15, 0.2) is 29.0 Å². The third-order valence-corrected chi connectivity index (χ3v) is 3.24. The molecule has 5 heteroatoms. The van der Waals surface area contributed by atoms with Crippen molar-refractivity contribution in [2.45, 2.75) is 38.6 Å². The van der Waals surface area contributed by atoms with Gasteiger partial charge in [-0.05, 0) is 24.5 Å². The SMILES string of the molecule is CCC(N)(CC)c1nc(Cc2cccnc2)no1. The first-order valence-electron chi connectivity index (χ1n) is 6.19. The van der Waals surface area contributed by atoms with E-state index in [-0.39, 0.29) is 0 Å². The Balaban J connectivity index is 2.16. The monoisotopic (exact) mass is 246 g/mol. The Kier molecular flexibility index (Phi) is 3.72. The van der Waals surface area contributed by atoms with Crippen molar-refractivity contribution in [2.24, 2.45) is 5.73 Å². The Labute approximate surface area is 106 Å². The Morgan fingerprint density at radius 1 is 1.33 bits per heavy atom. The van der Waals surface area contributed by atoms with Crippen LogP contribution in [0.2, 0.25) is 0 Å². The van der Waals surface area contributed by atoms with E-state index in [0.717, 1.165) is 18.4 Å². The third kappa shape index (κ3) is 2.56. The topological polar surface area (TPSA) is 77.8 Å². The lowest BCUT2D eigenvalue weighted by atomic mass is 9.94. The summed E-state index contributed by atoms with van der Waals surface area (Å²) in [5.41, 5.74) is 6.76. The fourth-order valence-electron chi connectivity index (χ4n) is 1.77. The molecule has 5 nitrogen and oxygen atoms in total. The average Bonchev–Trinajstić information content (AvgIpc) is 2.88. The van der Waals surface area contributed by atoms with Crippen molar-refractivity contribution in [3.05, 3.63) is 41.8 Å². The van der Waals surface area contributed by atoms with Gasteiger partial charge in [0.1, 0.15) is 0 Å². The zero-order valence-corrected chi connectivity index (χ0v) is 10.8. The smallest absolute Gasteiger partial charge is 0.246 e. The predicted octanol–water partition coefficient (Wildman–Crippen LogP) is 2.03. The lowest BCUT2D eigenvalue weighted by molar-refractivity contribution is 0.267. The number of nitrogens with zero attached hydrogens (tertiary/aromatic N) is 3. The van der Waals surface area contributed by atoms with E-state index in [4.69, 9.17) is 10.3 Å². The molecule has 2 rings (SSSR count). The van der Waals surface area contributed by atoms with E-state index in [9.17, 15) is 0 Å². The maximum absolute atomic E-state index is 6.22. The molecule has 0 amide bonds. The van der Waals surface area contributed by atoms with Gasteiger partial charge < -0.3 is 10.3 Å². The molecule has 2 aromatic heterocycles. The second-order valence-electron chi connectivity index (χ2n) is 4.42. The van der Waals surface area contributed by atoms with Crippen LogP contribution in [0.4, 0.5) is 0 Å². The van der Waals surface area contributed by atoms with E-state index in [1.807, 2.05) is 26.0 Å². The molecule has 0 bridgehead atoms. The molecular formula is C13H18N4O. The molecule has 0 aliphatic rings. The van der Waals surface area contributed by atoms with Crippen LogP contribution in [0.5, 0.6) is 0 Å². The zero-order chi connectivity index (χ0) is 13.0. The minimum atomic E-state index is -0.514. The highest BCUT2D eigenvalue weighted by Gasteiger charge is 2.29. The molecule has 2 heterocycles. The van der Waals surface area contributed by atoms with Gasteiger partial charge in [-0.15, -0.1) is 0 Å². The molecule has 0 saturated carbocycles. The van der Waals surface area contributed by atoms with Crippen LogP contribution in [0.25, 0.3) is 0 Å². The van der Waals surface area contributed by atoms with Gasteiger partial charge in [0.2, 0.25) is 5.89 Å². The summed E-state index contributed by atoms with van der Waals surface area (Å²) in [6, 6.07) is 3.88. The molecule has 0 aromatic carbocycles. The Bertz CT molecular complexity index is 491. The first kappa shape index (κ1) is 12.7. The second kappa shape index (κ2) is 5.27. The maximum Gasteiger partial charge on any atom is 0.246 e. The summed E-state index contributed by atoms with van der Waals surface area (Å²) in [6.45, 7) is 4.04. The fraction of sp³-hybridized carbons (Fsp3) is 0.462. The highest BCUT2D eigenvalue weighted by Crippen LogP contribution is 2.24. The van der Waals surface area contributed by atoms with E-state index in [1.54, 1.807) is 12.4 Å². The molecule has 96 valence electrons. The van der Waals surface area contributed by atoms with Gasteiger partial charge in [-0.3, -0.25) is 4.98 Å². The average molecular weight is 246 g/mol. The van der Waals surface area contributed by atoms with Crippen molar-refractivity contribution in [2.75, 3.05) is 0 Å². The van der Waals surface area contributed by atoms with Crippen LogP contribution in [-0.4, -0.2) is 15.1 Å². The van der Waals surface area contributed by atoms with Gasteiger partial charge >= 0.3 is 0 Å². The second-order valence-corrected chi connectivity index (χ2v) is 4.42. The van der Waals surface area contributed by atoms with Gasteiger partial charge in [-0.1, -0.05) is 25.1 Å². The molecule has 0 saturated heterocycles. The van der Waals surface area contributed by atoms with Crippen LogP contribution in [0.1, 0.15) is 44.0 Å². The van der Waals surface area contributed by atoms with Crippen molar-refractivity contribution < 1.29 is 4.52 Å². The van der Waals surface area contributed by atoms with Crippen LogP contribution in [-0.2, 0) is 12.0 Å². The van der Waals surface area contributed by atoms with Crippen LogP contribution in [0.3, 0.4) is 0 Å². The molecule has 0 radical (unpaired) electrons. The summed E-state index contributed by atoms with van der Waals surface area (Å²) in [4.78, 5) is 8.45. The van der Waals surface area contributed by atoms with E-state index in [0.29, 0.717) is 18.1 Å². The number of nitrogens with two attached hydrogens (primary N) is 1. The minimum absolute atomic E-state index is 0.514. The Morgan fingerprint density at radius 3 is 2.72 bits per heavy atom. The Hall–Kier alpha value is -1.75. The standard InChI is InChI=1S/C13H18N4O/c1-3-13(14,4-2)12-16-11(17-18-12)8-10-6-5-7-15-9-10/h5-7,9H,3-4,8,14H2,1-2H3. The van der Waals surface area contributed by atoms with Gasteiger partial charge in [-0.25, -0.2) is 0 Å². The number of rotatable bonds is 5. The quantitative estimate of drug-likeness (QED) is 0.873. The molecule has 0 spiro atoms. The molecule has 18 heavy (non-hydrogen) atoms. The lowest BCUT2D eigenvalue weighted by Gasteiger charge is -2.20. The van der Waals surface area contributed by atoms with Crippen molar-refractivity contribution in [1.82, 2.24) is 15.1 Å². The highest BCUT2D eigenvalue weighted by atomic mass is 16.5. The summed E-state index contributed by atoms with van der Waals surface area (Å²) < 4.78 is 5.28. The van der Waals surface area contributed by atoms with Crippen molar-refractivity contribution >= 4 is 0 Å². The van der Waals surface area contributed by atoms with Crippen LogP contribution in [0, 0.1) is 0 Å². The van der Waals surface area contributed by atoms with Gasteiger partial charge in [0.25, 0.3) is 0 Å². The summed E-state index contributed by atoms with van der Waals surface area (Å²) in [5, 5.41) is 3.98. The number of aromatic nitrogens is 3. The van der Waals surface area contributed by atoms with E-state index >= 15 is 0 Å². The molecule has 0 atom stereocenters. The van der Waals surface area contributed by atoms with Crippen molar-refractivity contribution in [3.63, 3.8) is 0 Å². The Morgan fingerprint density at radius 2 is 2.11 bits per heavy atom. The number of hydrogen-bond donors (Lipinski definition) is 1. The van der Waals surface area contributed by atoms with Gasteiger partial charge in [0, 0.05) is 18.8 Å². The summed E-state index contributed by atoms with van der Waals surface area (Å²) in [5.74, 6) is 1.17. The lowest BCUT2D eigenvalue weighted by Crippen LogP contribution is -2.35. The molecule has 0 unspecified atom stereocenters. The highest BCUT2D eigenvalue weighted by molar-refractivity contribution is 5.14. The van der Waals surface area contributed by atoms with Crippen molar-refractivity contribution in [3.8, 4) is 0 Å². The van der Waals surface area contributed by atoms with Crippen LogP contribution < -0.4 is 5.73 Å². The third-order valence-electron chi connectivity index (χ3n) is 3.24. The summed E-state index contributed by atoms with van der Waals surface area (Å²) in [6.07, 6.45) is 5.70. The molecule has 0 aliphatic heterocycles. The first-order valence-corrected chi connectivity index (χ1v) is 6.19. The molecular weight excluding hydrogens is 228 g/mol. The molecule has 2 aromatic rings. The normalized spacial score (nSPS) is 11.7. The van der Waals surface area contributed by atoms with E-state index in [2.05, 4.69) is 15.1 Å². The molecule has 0 aliphatic carbocycles. The first-order chi connectivity index (χ1) is 8.68. The number of pyridine rings is 1. The van der Waals surface area contributed by atoms with Gasteiger partial charge in [0.15, 0.2) is 5.82 Å². The largest absolute Gasteiger partial charge is 0.337 e. The number of hydrogen-bond acceptors (Lipinski definition) is 5. The van der Waals surface area contributed by atoms with E-state index in [1.165, 1.54) is 0 Å². The molecule has 0 fully saturated rings. The zero-order valence-electron chi connectivity index (χ0n) is 10.8. The predicted molar refractivity (Wildman–Crippen MR) is 67.8 cm³/mol. The fourth-order valence-corrected chi connectivity index (χ4v) is 1.77. The van der Waals surface area contributed by atoms with Crippen LogP contribution >= 0.6 is 0 Å². The van der Waals surface area contributed by atoms with Gasteiger partial charge in [0.05, 0.1) is 5.54 Å². The summed E-state index contributed by atoms with van der Waals surface area (Å²) in [7, 11) is 0.